The molecule has 3 amide bonds. The van der Waals surface area contributed by atoms with Gasteiger partial charge < -0.3 is 16.0 Å². The number of hydrogen-bond donors (Lipinski definition) is 3. The Morgan fingerprint density at radius 2 is 2.00 bits per heavy atom. The molecule has 0 spiro atoms. The molecule has 0 aromatic rings. The number of nitrogens with one attached hydrogen (secondary N) is 3. The Morgan fingerprint density at radius 1 is 1.33 bits per heavy atom. The van der Waals surface area contributed by atoms with Gasteiger partial charge in [0, 0.05) is 25.0 Å². The van der Waals surface area contributed by atoms with Crippen LogP contribution in [0, 0.1) is 0 Å². The van der Waals surface area contributed by atoms with Gasteiger partial charge in [0.25, 0.3) is 0 Å². The summed E-state index contributed by atoms with van der Waals surface area (Å²) in [4.78, 5) is 22.3. The van der Waals surface area contributed by atoms with Crippen LogP contribution in [0.15, 0.2) is 0 Å². The average Bonchev–Trinajstić information content (AvgIpc) is 2.86. The fourth-order valence-electron chi connectivity index (χ4n) is 1.13. The molecule has 3 N–H and O–H groups in total. The first-order valence-corrected chi connectivity index (χ1v) is 5.41. The van der Waals surface area contributed by atoms with Crippen LogP contribution >= 0.6 is 0 Å². The maximum Gasteiger partial charge on any atom is 0.315 e. The van der Waals surface area contributed by atoms with Crippen LogP contribution in [-0.4, -0.2) is 30.6 Å². The SMILES string of the molecule is CC(C)NC(=O)NCCC(=O)NC1CC1. The summed E-state index contributed by atoms with van der Waals surface area (Å²) >= 11 is 0. The van der Waals surface area contributed by atoms with Gasteiger partial charge in [-0.15, -0.1) is 0 Å². The van der Waals surface area contributed by atoms with Crippen LogP contribution in [0.25, 0.3) is 0 Å². The number of amides is 3. The van der Waals surface area contributed by atoms with Crippen molar-refractivity contribution in [2.24, 2.45) is 0 Å². The largest absolute Gasteiger partial charge is 0.353 e. The first kappa shape index (κ1) is 11.8. The highest BCUT2D eigenvalue weighted by molar-refractivity contribution is 5.78. The molecule has 5 heteroatoms. The molecular weight excluding hydrogens is 194 g/mol. The zero-order valence-corrected chi connectivity index (χ0v) is 9.30. The van der Waals surface area contributed by atoms with Crippen LogP contribution in [0.3, 0.4) is 0 Å². The van der Waals surface area contributed by atoms with E-state index < -0.39 is 0 Å². The molecule has 0 radical (unpaired) electrons. The summed E-state index contributed by atoms with van der Waals surface area (Å²) in [5.74, 6) is 0.0161. The fraction of sp³-hybridized carbons (Fsp3) is 0.800. The molecule has 0 aromatic heterocycles. The summed E-state index contributed by atoms with van der Waals surface area (Å²) in [7, 11) is 0. The lowest BCUT2D eigenvalue weighted by atomic mass is 10.4. The Labute approximate surface area is 90.0 Å². The van der Waals surface area contributed by atoms with Gasteiger partial charge in [-0.2, -0.15) is 0 Å². The molecule has 0 saturated heterocycles. The van der Waals surface area contributed by atoms with E-state index in [4.69, 9.17) is 0 Å². The van der Waals surface area contributed by atoms with Crippen molar-refractivity contribution in [3.05, 3.63) is 0 Å². The van der Waals surface area contributed by atoms with Gasteiger partial charge in [-0.1, -0.05) is 0 Å². The Kier molecular flexibility index (Phi) is 4.39. The second kappa shape index (κ2) is 5.58. The molecule has 1 fully saturated rings. The molecule has 0 atom stereocenters. The lowest BCUT2D eigenvalue weighted by Gasteiger charge is -2.09. The smallest absolute Gasteiger partial charge is 0.315 e. The third kappa shape index (κ3) is 5.93. The van der Waals surface area contributed by atoms with Gasteiger partial charge in [-0.05, 0) is 26.7 Å². The lowest BCUT2D eigenvalue weighted by molar-refractivity contribution is -0.121. The molecule has 0 aromatic carbocycles. The van der Waals surface area contributed by atoms with E-state index in [0.717, 1.165) is 12.8 Å². The van der Waals surface area contributed by atoms with Crippen molar-refractivity contribution in [3.8, 4) is 0 Å². The summed E-state index contributed by atoms with van der Waals surface area (Å²) in [6.07, 6.45) is 2.53. The van der Waals surface area contributed by atoms with Crippen molar-refractivity contribution < 1.29 is 9.59 Å². The topological polar surface area (TPSA) is 70.2 Å². The first-order valence-electron chi connectivity index (χ1n) is 5.41. The monoisotopic (exact) mass is 213 g/mol. The van der Waals surface area contributed by atoms with Crippen LogP contribution in [0.1, 0.15) is 33.1 Å². The minimum atomic E-state index is -0.218. The zero-order chi connectivity index (χ0) is 11.3. The van der Waals surface area contributed by atoms with Crippen LogP contribution in [0.5, 0.6) is 0 Å². The van der Waals surface area contributed by atoms with Crippen LogP contribution in [0.4, 0.5) is 4.79 Å². The molecule has 0 bridgehead atoms. The van der Waals surface area contributed by atoms with E-state index in [9.17, 15) is 9.59 Å². The standard InChI is InChI=1S/C10H19N3O2/c1-7(2)12-10(15)11-6-5-9(14)13-8-3-4-8/h7-8H,3-6H2,1-2H3,(H,13,14)(H2,11,12,15). The van der Waals surface area contributed by atoms with Crippen molar-refractivity contribution in [2.75, 3.05) is 6.54 Å². The van der Waals surface area contributed by atoms with Crippen molar-refractivity contribution >= 4 is 11.9 Å². The molecule has 0 heterocycles. The van der Waals surface area contributed by atoms with E-state index in [1.165, 1.54) is 0 Å². The highest BCUT2D eigenvalue weighted by Gasteiger charge is 2.22. The fourth-order valence-corrected chi connectivity index (χ4v) is 1.13. The number of carbonyl (C=O) groups excluding carboxylic acids is 2. The van der Waals surface area contributed by atoms with Gasteiger partial charge in [-0.25, -0.2) is 4.79 Å². The summed E-state index contributed by atoms with van der Waals surface area (Å²) in [6.45, 7) is 4.16. The van der Waals surface area contributed by atoms with Gasteiger partial charge in [0.1, 0.15) is 0 Å². The first-order chi connectivity index (χ1) is 7.08. The Morgan fingerprint density at radius 3 is 2.53 bits per heavy atom. The molecule has 0 unspecified atom stereocenters. The summed E-state index contributed by atoms with van der Waals surface area (Å²) in [5, 5.41) is 8.17. The van der Waals surface area contributed by atoms with Crippen LogP contribution in [-0.2, 0) is 4.79 Å². The molecule has 15 heavy (non-hydrogen) atoms. The zero-order valence-electron chi connectivity index (χ0n) is 9.30. The van der Waals surface area contributed by atoms with Crippen LogP contribution in [0.2, 0.25) is 0 Å². The van der Waals surface area contributed by atoms with E-state index in [1.807, 2.05) is 13.8 Å². The van der Waals surface area contributed by atoms with E-state index in [-0.39, 0.29) is 18.0 Å². The molecule has 1 aliphatic carbocycles. The Bertz CT molecular complexity index is 221. The molecule has 1 rings (SSSR count). The summed E-state index contributed by atoms with van der Waals surface area (Å²) in [6, 6.07) is 0.288. The molecule has 1 aliphatic rings. The predicted octanol–water partition coefficient (Wildman–Crippen LogP) is 0.363. The highest BCUT2D eigenvalue weighted by Crippen LogP contribution is 2.18. The van der Waals surface area contributed by atoms with Crippen molar-refractivity contribution in [1.82, 2.24) is 16.0 Å². The van der Waals surface area contributed by atoms with Gasteiger partial charge in [0.05, 0.1) is 0 Å². The van der Waals surface area contributed by atoms with Gasteiger partial charge in [0.15, 0.2) is 0 Å². The molecule has 5 nitrogen and oxygen atoms in total. The molecular formula is C10H19N3O2. The second-order valence-corrected chi connectivity index (χ2v) is 4.15. The highest BCUT2D eigenvalue weighted by atomic mass is 16.2. The van der Waals surface area contributed by atoms with Gasteiger partial charge in [-0.3, -0.25) is 4.79 Å². The lowest BCUT2D eigenvalue weighted by Crippen LogP contribution is -2.41. The summed E-state index contributed by atoms with van der Waals surface area (Å²) < 4.78 is 0. The van der Waals surface area contributed by atoms with E-state index in [1.54, 1.807) is 0 Å². The second-order valence-electron chi connectivity index (χ2n) is 4.15. The molecule has 0 aliphatic heterocycles. The van der Waals surface area contributed by atoms with E-state index in [2.05, 4.69) is 16.0 Å². The number of hydrogen-bond acceptors (Lipinski definition) is 2. The van der Waals surface area contributed by atoms with E-state index >= 15 is 0 Å². The van der Waals surface area contributed by atoms with Crippen molar-refractivity contribution in [2.45, 2.75) is 45.2 Å². The minimum Gasteiger partial charge on any atom is -0.353 e. The third-order valence-corrected chi connectivity index (χ3v) is 2.00. The quantitative estimate of drug-likeness (QED) is 0.617. The van der Waals surface area contributed by atoms with E-state index in [0.29, 0.717) is 19.0 Å². The molecule has 86 valence electrons. The van der Waals surface area contributed by atoms with Crippen LogP contribution < -0.4 is 16.0 Å². The van der Waals surface area contributed by atoms with Crippen molar-refractivity contribution in [3.63, 3.8) is 0 Å². The minimum absolute atomic E-state index is 0.0161. The summed E-state index contributed by atoms with van der Waals surface area (Å²) in [5.41, 5.74) is 0. The third-order valence-electron chi connectivity index (χ3n) is 2.00. The Balaban J connectivity index is 1.99. The average molecular weight is 213 g/mol. The predicted molar refractivity (Wildman–Crippen MR) is 57.5 cm³/mol. The van der Waals surface area contributed by atoms with Crippen molar-refractivity contribution in [1.29, 1.82) is 0 Å². The van der Waals surface area contributed by atoms with Gasteiger partial charge in [0.2, 0.25) is 5.91 Å². The number of urea groups is 1. The number of rotatable bonds is 5. The molecule has 1 saturated carbocycles. The number of carbonyl (C=O) groups is 2. The normalized spacial score (nSPS) is 14.9. The maximum absolute atomic E-state index is 11.2. The maximum atomic E-state index is 11.2. The Hall–Kier alpha value is -1.26. The van der Waals surface area contributed by atoms with Gasteiger partial charge >= 0.3 is 6.03 Å².